The van der Waals surface area contributed by atoms with E-state index in [-0.39, 0.29) is 17.8 Å². The second-order valence-electron chi connectivity index (χ2n) is 8.92. The van der Waals surface area contributed by atoms with E-state index >= 15 is 0 Å². The van der Waals surface area contributed by atoms with Crippen molar-refractivity contribution < 1.29 is 23.1 Å². The summed E-state index contributed by atoms with van der Waals surface area (Å²) in [6, 6.07) is 20.0. The molecular formula is C28H23F3N6O2. The van der Waals surface area contributed by atoms with Crippen molar-refractivity contribution in [3.63, 3.8) is 0 Å². The highest BCUT2D eigenvalue weighted by Gasteiger charge is 2.35. The van der Waals surface area contributed by atoms with Gasteiger partial charge < -0.3 is 5.11 Å². The number of aromatic carboxylic acids is 1. The number of nitrogens with one attached hydrogen (secondary N) is 1. The largest absolute Gasteiger partial charge is 0.476 e. The summed E-state index contributed by atoms with van der Waals surface area (Å²) < 4.78 is 42.2. The molecule has 0 bridgehead atoms. The van der Waals surface area contributed by atoms with Crippen LogP contribution in [0.2, 0.25) is 0 Å². The predicted octanol–water partition coefficient (Wildman–Crippen LogP) is 5.98. The zero-order valence-electron chi connectivity index (χ0n) is 20.8. The summed E-state index contributed by atoms with van der Waals surface area (Å²) in [6.45, 7) is 1.91. The Balaban J connectivity index is 1.55. The molecule has 2 heterocycles. The van der Waals surface area contributed by atoms with Crippen LogP contribution >= 0.6 is 0 Å². The van der Waals surface area contributed by atoms with Crippen LogP contribution in [0, 0.1) is 0 Å². The highest BCUT2D eigenvalue weighted by molar-refractivity contribution is 5.89. The number of rotatable bonds is 8. The SMILES string of the molecule is CCCc1nn(-c2ccccc2C(F)(F)F)c(C(=O)O)c1Cc1ccc(-c2ccccc2-c2nnn[nH]2)cc1. The minimum atomic E-state index is -4.67. The van der Waals surface area contributed by atoms with E-state index in [0.717, 1.165) is 33.0 Å². The molecule has 198 valence electrons. The van der Waals surface area contributed by atoms with E-state index in [1.807, 2.05) is 55.5 Å². The Kier molecular flexibility index (Phi) is 6.97. The first-order valence-electron chi connectivity index (χ1n) is 12.2. The molecule has 0 spiro atoms. The number of aryl methyl sites for hydroxylation is 1. The van der Waals surface area contributed by atoms with Crippen LogP contribution in [0.3, 0.4) is 0 Å². The Morgan fingerprint density at radius 1 is 0.974 bits per heavy atom. The number of hydrogen-bond acceptors (Lipinski definition) is 5. The summed E-state index contributed by atoms with van der Waals surface area (Å²) in [6.07, 6.45) is -3.40. The van der Waals surface area contributed by atoms with Gasteiger partial charge in [-0.15, -0.1) is 5.10 Å². The molecule has 0 unspecified atom stereocenters. The van der Waals surface area contributed by atoms with Crippen molar-refractivity contribution >= 4 is 5.97 Å². The zero-order chi connectivity index (χ0) is 27.6. The van der Waals surface area contributed by atoms with Crippen molar-refractivity contribution in [1.82, 2.24) is 30.4 Å². The molecule has 5 aromatic rings. The fourth-order valence-electron chi connectivity index (χ4n) is 4.63. The molecule has 0 amide bonds. The number of carbonyl (C=O) groups is 1. The van der Waals surface area contributed by atoms with Crippen molar-refractivity contribution in [1.29, 1.82) is 0 Å². The monoisotopic (exact) mass is 532 g/mol. The molecule has 11 heteroatoms. The van der Waals surface area contributed by atoms with Gasteiger partial charge in [0, 0.05) is 17.5 Å². The van der Waals surface area contributed by atoms with Crippen molar-refractivity contribution in [2.45, 2.75) is 32.4 Å². The minimum absolute atomic E-state index is 0.194. The number of halogens is 3. The molecule has 0 aliphatic carbocycles. The van der Waals surface area contributed by atoms with Crippen LogP contribution in [0.4, 0.5) is 13.2 Å². The molecule has 0 radical (unpaired) electrons. The number of aromatic nitrogens is 6. The van der Waals surface area contributed by atoms with Gasteiger partial charge in [-0.25, -0.2) is 14.6 Å². The van der Waals surface area contributed by atoms with Crippen LogP contribution in [0.25, 0.3) is 28.2 Å². The Bertz CT molecular complexity index is 1610. The molecule has 0 saturated carbocycles. The van der Waals surface area contributed by atoms with Gasteiger partial charge in [0.05, 0.1) is 16.9 Å². The van der Waals surface area contributed by atoms with Crippen LogP contribution in [0.1, 0.15) is 46.2 Å². The van der Waals surface area contributed by atoms with Gasteiger partial charge in [-0.3, -0.25) is 0 Å². The highest BCUT2D eigenvalue weighted by atomic mass is 19.4. The smallest absolute Gasteiger partial charge is 0.418 e. The first kappa shape index (κ1) is 25.8. The summed E-state index contributed by atoms with van der Waals surface area (Å²) in [5.74, 6) is -0.820. The van der Waals surface area contributed by atoms with Gasteiger partial charge in [-0.1, -0.05) is 74.0 Å². The number of hydrogen-bond donors (Lipinski definition) is 2. The van der Waals surface area contributed by atoms with Crippen LogP contribution in [-0.2, 0) is 19.0 Å². The third-order valence-corrected chi connectivity index (χ3v) is 6.37. The Labute approximate surface area is 221 Å². The van der Waals surface area contributed by atoms with Crippen LogP contribution in [-0.4, -0.2) is 41.5 Å². The number of aromatic amines is 1. The number of tetrazole rings is 1. The molecule has 0 aliphatic heterocycles. The molecule has 0 atom stereocenters. The van der Waals surface area contributed by atoms with E-state index in [4.69, 9.17) is 0 Å². The predicted molar refractivity (Wildman–Crippen MR) is 137 cm³/mol. The molecule has 8 nitrogen and oxygen atoms in total. The van der Waals surface area contributed by atoms with E-state index < -0.39 is 17.7 Å². The normalized spacial score (nSPS) is 11.6. The van der Waals surface area contributed by atoms with E-state index in [9.17, 15) is 23.1 Å². The Morgan fingerprint density at radius 3 is 2.31 bits per heavy atom. The first-order chi connectivity index (χ1) is 18.8. The van der Waals surface area contributed by atoms with Crippen LogP contribution < -0.4 is 0 Å². The average Bonchev–Trinajstić information content (AvgIpc) is 3.58. The number of alkyl halides is 3. The number of carboxylic acid groups (broad SMARTS) is 1. The number of carboxylic acids is 1. The fraction of sp³-hybridized carbons (Fsp3) is 0.179. The molecule has 2 aromatic heterocycles. The van der Waals surface area contributed by atoms with Crippen molar-refractivity contribution in [3.8, 4) is 28.2 Å². The fourth-order valence-corrected chi connectivity index (χ4v) is 4.63. The lowest BCUT2D eigenvalue weighted by molar-refractivity contribution is -0.137. The van der Waals surface area contributed by atoms with E-state index in [0.29, 0.717) is 29.9 Å². The lowest BCUT2D eigenvalue weighted by Gasteiger charge is -2.14. The number of benzene rings is 3. The van der Waals surface area contributed by atoms with Gasteiger partial charge in [0.1, 0.15) is 0 Å². The molecule has 3 aromatic carbocycles. The Hall–Kier alpha value is -4.80. The van der Waals surface area contributed by atoms with E-state index in [2.05, 4.69) is 25.7 Å². The third kappa shape index (κ3) is 5.15. The number of para-hydroxylation sites is 1. The topological polar surface area (TPSA) is 110 Å². The van der Waals surface area contributed by atoms with Crippen LogP contribution in [0.5, 0.6) is 0 Å². The summed E-state index contributed by atoms with van der Waals surface area (Å²) >= 11 is 0. The zero-order valence-corrected chi connectivity index (χ0v) is 20.8. The van der Waals surface area contributed by atoms with Gasteiger partial charge >= 0.3 is 12.1 Å². The number of H-pyrrole nitrogens is 1. The van der Waals surface area contributed by atoms with Crippen LogP contribution in [0.15, 0.2) is 72.8 Å². The van der Waals surface area contributed by atoms with Crippen molar-refractivity contribution in [2.24, 2.45) is 0 Å². The average molecular weight is 533 g/mol. The summed E-state index contributed by atoms with van der Waals surface area (Å²) in [4.78, 5) is 12.4. The second-order valence-corrected chi connectivity index (χ2v) is 8.92. The summed E-state index contributed by atoms with van der Waals surface area (Å²) in [5, 5.41) is 28.5. The van der Waals surface area contributed by atoms with E-state index in [1.165, 1.54) is 18.2 Å². The standard InChI is InChI=1S/C28H23F3N6O2/c1-2-7-23-21(25(27(38)39)37(34-23)24-11-6-5-10-22(24)28(29,30)31)16-17-12-14-18(15-13-17)19-8-3-4-9-20(19)26-32-35-36-33-26/h3-6,8-15H,2,7,16H2,1H3,(H,38,39)(H,32,33,35,36). The molecular weight excluding hydrogens is 509 g/mol. The molecule has 0 aliphatic rings. The minimum Gasteiger partial charge on any atom is -0.476 e. The third-order valence-electron chi connectivity index (χ3n) is 6.37. The van der Waals surface area contributed by atoms with E-state index in [1.54, 1.807) is 0 Å². The molecule has 39 heavy (non-hydrogen) atoms. The van der Waals surface area contributed by atoms with Gasteiger partial charge in [-0.2, -0.15) is 18.3 Å². The van der Waals surface area contributed by atoms with Gasteiger partial charge in [-0.05, 0) is 45.7 Å². The molecule has 0 fully saturated rings. The maximum absolute atomic E-state index is 13.8. The van der Waals surface area contributed by atoms with Crippen molar-refractivity contribution in [3.05, 3.63) is 101 Å². The maximum Gasteiger partial charge on any atom is 0.418 e. The first-order valence-corrected chi connectivity index (χ1v) is 12.2. The lowest BCUT2D eigenvalue weighted by Crippen LogP contribution is -2.16. The quantitative estimate of drug-likeness (QED) is 0.254. The molecule has 5 rings (SSSR count). The van der Waals surface area contributed by atoms with Crippen molar-refractivity contribution in [2.75, 3.05) is 0 Å². The second kappa shape index (κ2) is 10.5. The van der Waals surface area contributed by atoms with Gasteiger partial charge in [0.2, 0.25) is 0 Å². The van der Waals surface area contributed by atoms with Gasteiger partial charge in [0.15, 0.2) is 11.5 Å². The highest BCUT2D eigenvalue weighted by Crippen LogP contribution is 2.35. The summed E-state index contributed by atoms with van der Waals surface area (Å²) in [5.41, 5.74) is 2.71. The lowest BCUT2D eigenvalue weighted by atomic mass is 9.95. The maximum atomic E-state index is 13.8. The number of nitrogens with zero attached hydrogens (tertiary/aromatic N) is 5. The van der Waals surface area contributed by atoms with Gasteiger partial charge in [0.25, 0.3) is 0 Å². The Morgan fingerprint density at radius 2 is 1.67 bits per heavy atom. The molecule has 2 N–H and O–H groups in total. The molecule has 0 saturated heterocycles. The summed E-state index contributed by atoms with van der Waals surface area (Å²) in [7, 11) is 0.